The normalized spacial score (nSPS) is 42.2. The first-order valence-electron chi connectivity index (χ1n) is 14.2. The number of carboxylic acid groups (broad SMARTS) is 1. The van der Waals surface area contributed by atoms with Gasteiger partial charge < -0.3 is 20.3 Å². The van der Waals surface area contributed by atoms with E-state index in [4.69, 9.17) is 5.11 Å². The minimum atomic E-state index is -0.956. The number of aliphatic carboxylic acids is 1. The topological polar surface area (TPSA) is 104 Å². The van der Waals surface area contributed by atoms with Gasteiger partial charge in [-0.1, -0.05) is 20.8 Å². The Kier molecular flexibility index (Phi) is 8.00. The van der Waals surface area contributed by atoms with Crippen LogP contribution in [0.4, 0.5) is 0 Å². The number of carboxylic acids is 1. The van der Waals surface area contributed by atoms with Gasteiger partial charge in [0.05, 0.1) is 12.1 Å². The molecule has 35 heavy (non-hydrogen) atoms. The molecule has 4 aliphatic rings. The average Bonchev–Trinajstić information content (AvgIpc) is 3.17. The molecule has 0 aromatic carbocycles. The fraction of sp³-hybridized carbons (Fsp3) is 0.897. The Balaban J connectivity index is 1.34. The first-order valence-corrected chi connectivity index (χ1v) is 14.2. The Bertz CT molecular complexity index is 800. The summed E-state index contributed by atoms with van der Waals surface area (Å²) in [4.78, 5) is 34.5. The molecule has 0 heterocycles. The van der Waals surface area contributed by atoms with Crippen LogP contribution in [0.5, 0.6) is 0 Å². The van der Waals surface area contributed by atoms with Crippen LogP contribution >= 0.6 is 0 Å². The second-order valence-electron chi connectivity index (χ2n) is 13.1. The number of fused-ring (bicyclic) bond motifs is 5. The van der Waals surface area contributed by atoms with E-state index in [2.05, 4.69) is 26.1 Å². The van der Waals surface area contributed by atoms with Gasteiger partial charge >= 0.3 is 5.97 Å². The molecule has 4 rings (SSSR count). The first-order chi connectivity index (χ1) is 16.6. The fourth-order valence-corrected chi connectivity index (χ4v) is 9.50. The smallest absolute Gasteiger partial charge is 0.303 e. The minimum absolute atomic E-state index is 0.0913. The molecule has 198 valence electrons. The number of aldehydes is 1. The number of carbonyl (C=O) groups is 3. The van der Waals surface area contributed by atoms with E-state index in [-0.39, 0.29) is 24.9 Å². The van der Waals surface area contributed by atoms with Crippen LogP contribution in [-0.2, 0) is 14.4 Å². The molecule has 0 saturated heterocycles. The predicted molar refractivity (Wildman–Crippen MR) is 134 cm³/mol. The number of amides is 1. The van der Waals surface area contributed by atoms with Gasteiger partial charge in [-0.3, -0.25) is 9.59 Å². The van der Waals surface area contributed by atoms with Gasteiger partial charge in [0.15, 0.2) is 0 Å². The highest BCUT2D eigenvalue weighted by Crippen LogP contribution is 2.68. The van der Waals surface area contributed by atoms with Gasteiger partial charge in [-0.25, -0.2) is 0 Å². The number of carbonyl (C=O) groups excluding carboxylic acids is 2. The highest BCUT2D eigenvalue weighted by molar-refractivity contribution is 5.79. The van der Waals surface area contributed by atoms with Crippen molar-refractivity contribution in [2.45, 2.75) is 116 Å². The lowest BCUT2D eigenvalue weighted by Gasteiger charge is -2.61. The lowest BCUT2D eigenvalue weighted by atomic mass is 9.44. The maximum atomic E-state index is 12.5. The molecule has 10 atom stereocenters. The number of hydrogen-bond acceptors (Lipinski definition) is 4. The number of aliphatic hydroxyl groups excluding tert-OH is 1. The van der Waals surface area contributed by atoms with Crippen molar-refractivity contribution in [1.29, 1.82) is 0 Å². The van der Waals surface area contributed by atoms with E-state index in [9.17, 15) is 19.5 Å². The Hall–Kier alpha value is -1.43. The number of aliphatic hydroxyl groups is 1. The minimum Gasteiger partial charge on any atom is -0.481 e. The maximum Gasteiger partial charge on any atom is 0.303 e. The Labute approximate surface area is 211 Å². The summed E-state index contributed by atoms with van der Waals surface area (Å²) in [6.07, 6.45) is 12.7. The van der Waals surface area contributed by atoms with Crippen LogP contribution in [0.2, 0.25) is 0 Å². The van der Waals surface area contributed by atoms with Gasteiger partial charge in [0.2, 0.25) is 5.91 Å². The van der Waals surface area contributed by atoms with Crippen LogP contribution in [0.15, 0.2) is 0 Å². The van der Waals surface area contributed by atoms with E-state index in [1.807, 2.05) is 0 Å². The number of nitrogens with one attached hydrogen (secondary N) is 1. The van der Waals surface area contributed by atoms with Crippen LogP contribution in [0, 0.1) is 46.3 Å². The van der Waals surface area contributed by atoms with Gasteiger partial charge in [-0.05, 0) is 117 Å². The molecular weight excluding hydrogens is 442 g/mol. The van der Waals surface area contributed by atoms with E-state index >= 15 is 0 Å². The zero-order chi connectivity index (χ0) is 25.4. The van der Waals surface area contributed by atoms with Gasteiger partial charge in [0.25, 0.3) is 0 Å². The summed E-state index contributed by atoms with van der Waals surface area (Å²) in [5, 5.41) is 21.8. The molecule has 4 fully saturated rings. The van der Waals surface area contributed by atoms with Crippen molar-refractivity contribution in [3.8, 4) is 0 Å². The van der Waals surface area contributed by atoms with Crippen molar-refractivity contribution < 1.29 is 24.6 Å². The van der Waals surface area contributed by atoms with Gasteiger partial charge in [0.1, 0.15) is 6.29 Å². The quantitative estimate of drug-likeness (QED) is 0.397. The molecule has 3 N–H and O–H groups in total. The second-order valence-corrected chi connectivity index (χ2v) is 13.1. The van der Waals surface area contributed by atoms with Crippen LogP contribution in [0.25, 0.3) is 0 Å². The van der Waals surface area contributed by atoms with Crippen molar-refractivity contribution in [3.05, 3.63) is 0 Å². The molecule has 4 aliphatic carbocycles. The third kappa shape index (κ3) is 5.19. The molecule has 0 aromatic rings. The Morgan fingerprint density at radius 1 is 0.971 bits per heavy atom. The van der Waals surface area contributed by atoms with Crippen molar-refractivity contribution in [2.75, 3.05) is 0 Å². The highest BCUT2D eigenvalue weighted by Gasteiger charge is 2.60. The largest absolute Gasteiger partial charge is 0.481 e. The molecule has 6 nitrogen and oxygen atoms in total. The summed E-state index contributed by atoms with van der Waals surface area (Å²) >= 11 is 0. The lowest BCUT2D eigenvalue weighted by molar-refractivity contribution is -0.137. The third-order valence-corrected chi connectivity index (χ3v) is 11.4. The maximum absolute atomic E-state index is 12.5. The Morgan fingerprint density at radius 2 is 1.69 bits per heavy atom. The van der Waals surface area contributed by atoms with Gasteiger partial charge in [0, 0.05) is 12.8 Å². The molecule has 0 radical (unpaired) electrons. The van der Waals surface area contributed by atoms with Crippen molar-refractivity contribution >= 4 is 18.2 Å². The van der Waals surface area contributed by atoms with E-state index < -0.39 is 12.0 Å². The van der Waals surface area contributed by atoms with Gasteiger partial charge in [-0.2, -0.15) is 0 Å². The van der Waals surface area contributed by atoms with Crippen LogP contribution < -0.4 is 5.32 Å². The average molecular weight is 490 g/mol. The first kappa shape index (κ1) is 26.6. The van der Waals surface area contributed by atoms with Crippen LogP contribution in [0.1, 0.15) is 104 Å². The molecule has 0 bridgehead atoms. The highest BCUT2D eigenvalue weighted by atomic mass is 16.4. The summed E-state index contributed by atoms with van der Waals surface area (Å²) in [6, 6.07) is -0.713. The lowest BCUT2D eigenvalue weighted by Crippen LogP contribution is -2.54. The molecule has 0 aromatic heterocycles. The zero-order valence-electron chi connectivity index (χ0n) is 22.0. The van der Waals surface area contributed by atoms with E-state index in [0.717, 1.165) is 37.0 Å². The molecule has 4 saturated carbocycles. The van der Waals surface area contributed by atoms with Crippen molar-refractivity contribution in [2.24, 2.45) is 46.3 Å². The van der Waals surface area contributed by atoms with E-state index in [0.29, 0.717) is 41.3 Å². The van der Waals surface area contributed by atoms with Crippen LogP contribution in [0.3, 0.4) is 0 Å². The summed E-state index contributed by atoms with van der Waals surface area (Å²) in [6.45, 7) is 7.38. The number of rotatable bonds is 9. The van der Waals surface area contributed by atoms with Crippen LogP contribution in [-0.4, -0.2) is 40.5 Å². The summed E-state index contributed by atoms with van der Waals surface area (Å²) in [7, 11) is 0. The van der Waals surface area contributed by atoms with Crippen molar-refractivity contribution in [3.63, 3.8) is 0 Å². The monoisotopic (exact) mass is 489 g/mol. The summed E-state index contributed by atoms with van der Waals surface area (Å²) in [5.41, 5.74) is 0.752. The number of hydrogen-bond donors (Lipinski definition) is 3. The molecule has 1 unspecified atom stereocenters. The predicted octanol–water partition coefficient (Wildman–Crippen LogP) is 4.97. The molecule has 0 spiro atoms. The fourth-order valence-electron chi connectivity index (χ4n) is 9.50. The molecule has 6 heteroatoms. The van der Waals surface area contributed by atoms with E-state index in [1.54, 1.807) is 0 Å². The molecular formula is C29H47NO5. The molecule has 0 aliphatic heterocycles. The summed E-state index contributed by atoms with van der Waals surface area (Å²) in [5.74, 6) is 3.08. The SMILES string of the molecule is C[C@H](CCC(=O)NC(C=O)CCC(=O)O)[C@H]1CC[C@H]2[C@@H]3CC[C@@H]4C[C@H](O)CC[C@]4(C)[C@H]3CC[C@]12C. The third-order valence-electron chi connectivity index (χ3n) is 11.4. The second kappa shape index (κ2) is 10.5. The zero-order valence-corrected chi connectivity index (χ0v) is 22.0. The van der Waals surface area contributed by atoms with E-state index in [1.165, 1.54) is 44.9 Å². The van der Waals surface area contributed by atoms with Gasteiger partial charge in [-0.15, -0.1) is 0 Å². The summed E-state index contributed by atoms with van der Waals surface area (Å²) < 4.78 is 0. The van der Waals surface area contributed by atoms with Crippen molar-refractivity contribution in [1.82, 2.24) is 5.32 Å². The standard InChI is InChI=1S/C29H47NO5/c1-18(4-10-26(33)30-20(17-31)6-11-27(34)35)23-8-9-24-22-7-5-19-16-21(32)12-14-28(19,2)25(22)13-15-29(23,24)3/h17-25,32H,4-16H2,1-3H3,(H,30,33)(H,34,35)/t18-,19-,20?,21-,22+,23-,24+,25+,28+,29-/m1/s1. The molecule has 1 amide bonds. The Morgan fingerprint density at radius 3 is 2.40 bits per heavy atom.